The molecule has 4 aliphatic rings. The van der Waals surface area contributed by atoms with E-state index in [1.165, 1.54) is 6.42 Å². The Morgan fingerprint density at radius 3 is 2.27 bits per heavy atom. The van der Waals surface area contributed by atoms with Gasteiger partial charge in [-0.2, -0.15) is 13.2 Å². The Morgan fingerprint density at radius 2 is 1.85 bits per heavy atom. The van der Waals surface area contributed by atoms with E-state index in [0.29, 0.717) is 24.2 Å². The number of ketones is 1. The Kier molecular flexibility index (Phi) is 5.92. The average molecular weight is 377 g/mol. The number of nitrogens with two attached hydrogens (primary N) is 1. The van der Waals surface area contributed by atoms with Crippen LogP contribution in [-0.2, 0) is 14.1 Å². The highest BCUT2D eigenvalue weighted by molar-refractivity contribution is 6.47. The van der Waals surface area contributed by atoms with Gasteiger partial charge in [-0.05, 0) is 49.4 Å². The summed E-state index contributed by atoms with van der Waals surface area (Å²) in [5.41, 5.74) is 6.60. The maximum absolute atomic E-state index is 10.8. The van der Waals surface area contributed by atoms with Crippen LogP contribution in [0, 0.1) is 23.2 Å². The fourth-order valence-electron chi connectivity index (χ4n) is 4.58. The van der Waals surface area contributed by atoms with Gasteiger partial charge < -0.3 is 15.0 Å². The number of hydrogen-bond acceptors (Lipinski definition) is 4. The maximum Gasteiger partial charge on any atom is 0.475 e. The van der Waals surface area contributed by atoms with Crippen molar-refractivity contribution in [3.8, 4) is 0 Å². The van der Waals surface area contributed by atoms with E-state index in [1.54, 1.807) is 0 Å². The minimum Gasteiger partial charge on any atom is -0.404 e. The highest BCUT2D eigenvalue weighted by atomic mass is 19.4. The third-order valence-corrected chi connectivity index (χ3v) is 6.32. The van der Waals surface area contributed by atoms with Gasteiger partial charge in [-0.25, -0.2) is 0 Å². The molecule has 150 valence electrons. The number of carbonyl (C=O) groups is 1. The van der Waals surface area contributed by atoms with Gasteiger partial charge in [0.25, 0.3) is 0 Å². The van der Waals surface area contributed by atoms with Crippen LogP contribution >= 0.6 is 0 Å². The highest BCUT2D eigenvalue weighted by Crippen LogP contribution is 2.64. The lowest BCUT2D eigenvalue weighted by molar-refractivity contribution is -0.185. The van der Waals surface area contributed by atoms with Crippen molar-refractivity contribution in [2.75, 3.05) is 0 Å². The molecule has 2 N–H and O–H groups in total. The van der Waals surface area contributed by atoms with Crippen molar-refractivity contribution in [1.29, 1.82) is 0 Å². The van der Waals surface area contributed by atoms with E-state index in [1.807, 2.05) is 0 Å². The summed E-state index contributed by atoms with van der Waals surface area (Å²) in [5, 5.41) is 0. The molecule has 1 aliphatic heterocycles. The van der Waals surface area contributed by atoms with Gasteiger partial charge in [0.1, 0.15) is 0 Å². The van der Waals surface area contributed by atoms with Gasteiger partial charge >= 0.3 is 13.3 Å². The molecule has 0 aromatic carbocycles. The van der Waals surface area contributed by atoms with Crippen molar-refractivity contribution in [1.82, 2.24) is 0 Å². The number of alkyl halides is 3. The third-order valence-electron chi connectivity index (χ3n) is 6.32. The summed E-state index contributed by atoms with van der Waals surface area (Å²) in [6, 6.07) is 0. The average Bonchev–Trinajstić information content (AvgIpc) is 2.83. The molecule has 3 saturated carbocycles. The largest absolute Gasteiger partial charge is 0.475 e. The standard InChI is InChI=1S/C15H28BNO2.C3H3F3O/c1-9(2)6-12(17)16-18-13-11-7-10(14(11,3)4)8-15(13,5)19-16;1-2(7)3(4,5)6/h9-13H,6-8,17H2,1-5H3;1H3/t10-,11+,12-,13+,15-;/m0./s1. The van der Waals surface area contributed by atoms with Gasteiger partial charge in [-0.1, -0.05) is 27.7 Å². The molecule has 0 aromatic rings. The molecule has 0 aromatic heterocycles. The van der Waals surface area contributed by atoms with Gasteiger partial charge in [0.15, 0.2) is 0 Å². The van der Waals surface area contributed by atoms with Gasteiger partial charge in [0.2, 0.25) is 5.78 Å². The van der Waals surface area contributed by atoms with Gasteiger partial charge in [0, 0.05) is 12.9 Å². The first-order chi connectivity index (χ1) is 11.7. The summed E-state index contributed by atoms with van der Waals surface area (Å²) in [6.45, 7) is 11.9. The molecule has 2 bridgehead atoms. The molecule has 4 fully saturated rings. The first-order valence-corrected chi connectivity index (χ1v) is 9.35. The molecule has 5 atom stereocenters. The van der Waals surface area contributed by atoms with Gasteiger partial charge in [-0.3, -0.25) is 4.79 Å². The summed E-state index contributed by atoms with van der Waals surface area (Å²) in [5.74, 6) is 0.271. The Hall–Kier alpha value is -0.595. The first kappa shape index (κ1) is 21.7. The Bertz CT molecular complexity index is 540. The zero-order valence-corrected chi connectivity index (χ0v) is 16.5. The summed E-state index contributed by atoms with van der Waals surface area (Å²) in [6.07, 6.45) is -0.990. The molecule has 4 nitrogen and oxygen atoms in total. The lowest BCUT2D eigenvalue weighted by atomic mass is 9.45. The van der Waals surface area contributed by atoms with E-state index >= 15 is 0 Å². The second kappa shape index (κ2) is 7.10. The van der Waals surface area contributed by atoms with E-state index in [4.69, 9.17) is 15.0 Å². The zero-order valence-electron chi connectivity index (χ0n) is 16.5. The smallest absolute Gasteiger partial charge is 0.404 e. The number of hydrogen-bond donors (Lipinski definition) is 1. The lowest BCUT2D eigenvalue weighted by Gasteiger charge is -2.63. The Labute approximate surface area is 154 Å². The molecule has 1 saturated heterocycles. The molecular formula is C18H31BF3NO3. The van der Waals surface area contributed by atoms with Crippen molar-refractivity contribution >= 4 is 12.9 Å². The van der Waals surface area contributed by atoms with Crippen LogP contribution in [0.15, 0.2) is 0 Å². The number of halogens is 3. The molecule has 3 aliphatic carbocycles. The SMILES string of the molecule is CC(=O)C(F)(F)F.CC(C)C[C@H](N)B1O[C@@H]2[C@H]3C[C@@H](C[C@]2(C)O1)C3(C)C. The molecule has 26 heavy (non-hydrogen) atoms. The van der Waals surface area contributed by atoms with Gasteiger partial charge in [-0.15, -0.1) is 0 Å². The first-order valence-electron chi connectivity index (χ1n) is 9.35. The van der Waals surface area contributed by atoms with Crippen LogP contribution in [-0.4, -0.2) is 36.7 Å². The van der Waals surface area contributed by atoms with Crippen molar-refractivity contribution in [3.63, 3.8) is 0 Å². The lowest BCUT2D eigenvalue weighted by Crippen LogP contribution is -2.63. The second-order valence-corrected chi connectivity index (χ2v) is 9.27. The van der Waals surface area contributed by atoms with E-state index < -0.39 is 12.0 Å². The summed E-state index contributed by atoms with van der Waals surface area (Å²) >= 11 is 0. The zero-order chi connectivity index (χ0) is 20.1. The van der Waals surface area contributed by atoms with Crippen LogP contribution in [0.5, 0.6) is 0 Å². The van der Waals surface area contributed by atoms with Crippen LogP contribution in [0.1, 0.15) is 60.8 Å². The van der Waals surface area contributed by atoms with Crippen LogP contribution in [0.2, 0.25) is 0 Å². The molecule has 0 unspecified atom stereocenters. The van der Waals surface area contributed by atoms with E-state index in [-0.39, 0.29) is 24.8 Å². The molecule has 0 radical (unpaired) electrons. The summed E-state index contributed by atoms with van der Waals surface area (Å²) in [7, 11) is -0.201. The van der Waals surface area contributed by atoms with Crippen LogP contribution in [0.25, 0.3) is 0 Å². The van der Waals surface area contributed by atoms with Crippen molar-refractivity contribution in [3.05, 3.63) is 0 Å². The quantitative estimate of drug-likeness (QED) is 0.761. The molecule has 0 amide bonds. The van der Waals surface area contributed by atoms with Crippen molar-refractivity contribution in [2.24, 2.45) is 28.9 Å². The fourth-order valence-corrected chi connectivity index (χ4v) is 4.58. The summed E-state index contributed by atoms with van der Waals surface area (Å²) < 4.78 is 45.0. The minimum absolute atomic E-state index is 0.00253. The predicted molar refractivity (Wildman–Crippen MR) is 94.3 cm³/mol. The number of Topliss-reactive ketones (excluding diaryl/α,β-unsaturated/α-hetero) is 1. The normalized spacial score (nSPS) is 36.0. The van der Waals surface area contributed by atoms with Gasteiger partial charge in [0.05, 0.1) is 11.7 Å². The van der Waals surface area contributed by atoms with Crippen LogP contribution in [0.4, 0.5) is 13.2 Å². The second-order valence-electron chi connectivity index (χ2n) is 9.27. The van der Waals surface area contributed by atoms with Crippen LogP contribution < -0.4 is 5.73 Å². The molecule has 1 heterocycles. The maximum atomic E-state index is 10.8. The van der Waals surface area contributed by atoms with E-state index in [9.17, 15) is 18.0 Å². The molecule has 8 heteroatoms. The molecule has 4 rings (SSSR count). The minimum atomic E-state index is -4.64. The topological polar surface area (TPSA) is 61.6 Å². The van der Waals surface area contributed by atoms with Crippen molar-refractivity contribution < 1.29 is 27.3 Å². The van der Waals surface area contributed by atoms with Crippen molar-refractivity contribution in [2.45, 2.75) is 84.6 Å². The number of rotatable bonds is 3. The van der Waals surface area contributed by atoms with E-state index in [0.717, 1.165) is 18.8 Å². The Morgan fingerprint density at radius 1 is 1.31 bits per heavy atom. The third kappa shape index (κ3) is 4.12. The fraction of sp³-hybridized carbons (Fsp3) is 0.944. The molecule has 0 spiro atoms. The monoisotopic (exact) mass is 377 g/mol. The van der Waals surface area contributed by atoms with E-state index in [2.05, 4.69) is 34.6 Å². The van der Waals surface area contributed by atoms with Crippen LogP contribution in [0.3, 0.4) is 0 Å². The highest BCUT2D eigenvalue weighted by Gasteiger charge is 2.67. The Balaban J connectivity index is 0.000000298. The predicted octanol–water partition coefficient (Wildman–Crippen LogP) is 3.77. The summed E-state index contributed by atoms with van der Waals surface area (Å²) in [4.78, 5) is 9.34. The molecular weight excluding hydrogens is 346 g/mol. The number of carbonyl (C=O) groups excluding carboxylic acids is 1.